The molecule has 136 valence electrons. The molecule has 0 spiro atoms. The van der Waals surface area contributed by atoms with Crippen molar-refractivity contribution in [2.45, 2.75) is 18.7 Å². The predicted octanol–water partition coefficient (Wildman–Crippen LogP) is 3.08. The van der Waals surface area contributed by atoms with Gasteiger partial charge in [0.2, 0.25) is 0 Å². The molecular formula is C17H15NO7S. The third-order valence-electron chi connectivity index (χ3n) is 3.43. The molecule has 0 amide bonds. The van der Waals surface area contributed by atoms with E-state index in [0.717, 1.165) is 18.2 Å². The summed E-state index contributed by atoms with van der Waals surface area (Å²) >= 11 is 0. The Morgan fingerprint density at radius 3 is 2.31 bits per heavy atom. The van der Waals surface area contributed by atoms with Gasteiger partial charge in [-0.05, 0) is 54.8 Å². The van der Waals surface area contributed by atoms with Crippen LogP contribution < -0.4 is 4.18 Å². The number of hydrogen-bond acceptors (Lipinski definition) is 6. The number of nitro benzene ring substituents is 1. The molecule has 2 aromatic rings. The quantitative estimate of drug-likeness (QED) is 0.355. The summed E-state index contributed by atoms with van der Waals surface area (Å²) in [5, 5.41) is 19.7. The first-order valence-corrected chi connectivity index (χ1v) is 8.73. The number of aryl methyl sites for hydroxylation is 2. The molecule has 0 aliphatic carbocycles. The zero-order valence-corrected chi connectivity index (χ0v) is 14.7. The van der Waals surface area contributed by atoms with Gasteiger partial charge in [0.15, 0.2) is 4.90 Å². The van der Waals surface area contributed by atoms with Gasteiger partial charge in [-0.15, -0.1) is 0 Å². The van der Waals surface area contributed by atoms with Crippen molar-refractivity contribution < 1.29 is 27.4 Å². The highest BCUT2D eigenvalue weighted by Gasteiger charge is 2.28. The first kappa shape index (κ1) is 19.1. The Morgan fingerprint density at radius 2 is 1.77 bits per heavy atom. The van der Waals surface area contributed by atoms with Crippen LogP contribution >= 0.6 is 0 Å². The molecule has 2 rings (SSSR count). The molecule has 2 aromatic carbocycles. The Morgan fingerprint density at radius 1 is 1.19 bits per heavy atom. The molecule has 0 aliphatic heterocycles. The smallest absolute Gasteiger partial charge is 0.346 e. The van der Waals surface area contributed by atoms with E-state index in [1.54, 1.807) is 26.0 Å². The van der Waals surface area contributed by atoms with Gasteiger partial charge < -0.3 is 9.29 Å². The summed E-state index contributed by atoms with van der Waals surface area (Å²) in [6.45, 7) is 3.19. The topological polar surface area (TPSA) is 124 Å². The van der Waals surface area contributed by atoms with Crippen LogP contribution in [0.3, 0.4) is 0 Å². The Balaban J connectivity index is 2.45. The van der Waals surface area contributed by atoms with Gasteiger partial charge in [0.05, 0.1) is 4.92 Å². The van der Waals surface area contributed by atoms with E-state index in [-0.39, 0.29) is 5.75 Å². The predicted molar refractivity (Wildman–Crippen MR) is 93.5 cm³/mol. The number of nitro groups is 1. The van der Waals surface area contributed by atoms with Gasteiger partial charge in [-0.1, -0.05) is 12.1 Å². The van der Waals surface area contributed by atoms with Crippen molar-refractivity contribution in [3.05, 3.63) is 69.3 Å². The van der Waals surface area contributed by atoms with Crippen LogP contribution in [0.2, 0.25) is 0 Å². The minimum atomic E-state index is -4.43. The minimum absolute atomic E-state index is 0.0376. The molecule has 0 radical (unpaired) electrons. The number of para-hydroxylation sites is 1. The first-order valence-electron chi connectivity index (χ1n) is 7.32. The summed E-state index contributed by atoms with van der Waals surface area (Å²) < 4.78 is 30.2. The van der Waals surface area contributed by atoms with E-state index in [4.69, 9.17) is 9.29 Å². The number of benzene rings is 2. The van der Waals surface area contributed by atoms with Crippen molar-refractivity contribution in [1.82, 2.24) is 0 Å². The van der Waals surface area contributed by atoms with Crippen molar-refractivity contribution in [1.29, 1.82) is 0 Å². The molecule has 1 N–H and O–H groups in total. The molecule has 0 unspecified atom stereocenters. The number of carbonyl (C=O) groups is 1. The Hall–Kier alpha value is -3.20. The lowest BCUT2D eigenvalue weighted by Crippen LogP contribution is -2.13. The largest absolute Gasteiger partial charge is 0.478 e. The van der Waals surface area contributed by atoms with E-state index in [9.17, 15) is 23.3 Å². The lowest BCUT2D eigenvalue weighted by atomic mass is 10.1. The van der Waals surface area contributed by atoms with E-state index in [1.807, 2.05) is 0 Å². The second-order valence-electron chi connectivity index (χ2n) is 5.42. The molecule has 0 saturated heterocycles. The Kier molecular flexibility index (Phi) is 5.41. The molecule has 0 fully saturated rings. The highest BCUT2D eigenvalue weighted by Crippen LogP contribution is 2.31. The van der Waals surface area contributed by atoms with Crippen LogP contribution in [0.1, 0.15) is 16.7 Å². The summed E-state index contributed by atoms with van der Waals surface area (Å²) in [5.41, 5.74) is 0.857. The van der Waals surface area contributed by atoms with Crippen molar-refractivity contribution in [3.63, 3.8) is 0 Å². The monoisotopic (exact) mass is 377 g/mol. The number of rotatable bonds is 6. The zero-order valence-electron chi connectivity index (χ0n) is 13.9. The number of carboxylic acid groups (broad SMARTS) is 1. The van der Waals surface area contributed by atoms with E-state index >= 15 is 0 Å². The highest BCUT2D eigenvalue weighted by atomic mass is 32.2. The standard InChI is InChI=1S/C17H15NO7S/c1-11-9-13(7-8-16(19)20)10-12(2)17(11)25-26(23,24)15-6-4-3-5-14(15)18(21)22/h3-10H,1-2H3,(H,19,20)/b8-7+. The molecule has 0 aromatic heterocycles. The maximum atomic E-state index is 12.5. The van der Waals surface area contributed by atoms with E-state index in [2.05, 4.69) is 0 Å². The van der Waals surface area contributed by atoms with Crippen LogP contribution in [-0.4, -0.2) is 24.4 Å². The second-order valence-corrected chi connectivity index (χ2v) is 6.93. The van der Waals surface area contributed by atoms with Crippen LogP contribution in [0.25, 0.3) is 6.08 Å². The molecular weight excluding hydrogens is 362 g/mol. The maximum absolute atomic E-state index is 12.5. The third kappa shape index (κ3) is 4.25. The van der Waals surface area contributed by atoms with E-state index in [1.165, 1.54) is 18.2 Å². The van der Waals surface area contributed by atoms with Gasteiger partial charge >= 0.3 is 16.1 Å². The second kappa shape index (κ2) is 7.36. The summed E-state index contributed by atoms with van der Waals surface area (Å²) in [5.74, 6) is -1.07. The van der Waals surface area contributed by atoms with Gasteiger partial charge in [0.25, 0.3) is 5.69 Å². The molecule has 9 heteroatoms. The average molecular weight is 377 g/mol. The molecule has 0 atom stereocenters. The third-order valence-corrected chi connectivity index (χ3v) is 4.70. The molecule has 0 aliphatic rings. The number of nitrogens with zero attached hydrogens (tertiary/aromatic N) is 1. The van der Waals surface area contributed by atoms with Crippen LogP contribution in [0.4, 0.5) is 5.69 Å². The zero-order chi connectivity index (χ0) is 19.5. The fourth-order valence-electron chi connectivity index (χ4n) is 2.35. The Bertz CT molecular complexity index is 987. The van der Waals surface area contributed by atoms with Crippen molar-refractivity contribution in [2.24, 2.45) is 0 Å². The fraction of sp³-hybridized carbons (Fsp3) is 0.118. The number of carboxylic acids is 1. The molecule has 26 heavy (non-hydrogen) atoms. The maximum Gasteiger partial charge on any atom is 0.346 e. The summed E-state index contributed by atoms with van der Waals surface area (Å²) in [6, 6.07) is 8.01. The van der Waals surface area contributed by atoms with Crippen LogP contribution in [0.5, 0.6) is 5.75 Å². The van der Waals surface area contributed by atoms with E-state index in [0.29, 0.717) is 16.7 Å². The normalized spacial score (nSPS) is 11.5. The van der Waals surface area contributed by atoms with Gasteiger partial charge in [0, 0.05) is 12.1 Å². The van der Waals surface area contributed by atoms with Gasteiger partial charge in [0.1, 0.15) is 5.75 Å². The molecule has 0 bridgehead atoms. The molecule has 8 nitrogen and oxygen atoms in total. The van der Waals surface area contributed by atoms with E-state index < -0.39 is 31.6 Å². The van der Waals surface area contributed by atoms with Crippen molar-refractivity contribution in [3.8, 4) is 5.75 Å². The lowest BCUT2D eigenvalue weighted by molar-refractivity contribution is -0.387. The number of hydrogen-bond donors (Lipinski definition) is 1. The van der Waals surface area contributed by atoms with Crippen LogP contribution in [0, 0.1) is 24.0 Å². The lowest BCUT2D eigenvalue weighted by Gasteiger charge is -2.13. The van der Waals surface area contributed by atoms with Gasteiger partial charge in [-0.3, -0.25) is 10.1 Å². The minimum Gasteiger partial charge on any atom is -0.478 e. The summed E-state index contributed by atoms with van der Waals surface area (Å²) in [7, 11) is -4.43. The van der Waals surface area contributed by atoms with Gasteiger partial charge in [-0.25, -0.2) is 4.79 Å². The molecule has 0 saturated carbocycles. The first-order chi connectivity index (χ1) is 12.1. The highest BCUT2D eigenvalue weighted by molar-refractivity contribution is 7.87. The van der Waals surface area contributed by atoms with Crippen molar-refractivity contribution in [2.75, 3.05) is 0 Å². The fourth-order valence-corrected chi connectivity index (χ4v) is 3.57. The van der Waals surface area contributed by atoms with Crippen molar-refractivity contribution >= 4 is 27.9 Å². The summed E-state index contributed by atoms with van der Waals surface area (Å²) in [4.78, 5) is 20.3. The SMILES string of the molecule is Cc1cc(/C=C/C(=O)O)cc(C)c1OS(=O)(=O)c1ccccc1[N+](=O)[O-]. The average Bonchev–Trinajstić information content (AvgIpc) is 2.56. The Labute approximate surface area is 149 Å². The van der Waals surface area contributed by atoms with Gasteiger partial charge in [-0.2, -0.15) is 8.42 Å². The summed E-state index contributed by atoms with van der Waals surface area (Å²) in [6.07, 6.45) is 2.32. The number of aliphatic carboxylic acids is 1. The van der Waals surface area contributed by atoms with Crippen LogP contribution in [0.15, 0.2) is 47.4 Å². The van der Waals surface area contributed by atoms with Crippen LogP contribution in [-0.2, 0) is 14.9 Å². The molecule has 0 heterocycles.